The fraction of sp³-hybridized carbons (Fsp3) is 0.222. The maximum Gasteiger partial charge on any atom is 0.133 e. The third-order valence-electron chi connectivity index (χ3n) is 1.34. The van der Waals surface area contributed by atoms with Gasteiger partial charge in [-0.3, -0.25) is 4.98 Å². The van der Waals surface area contributed by atoms with E-state index in [9.17, 15) is 0 Å². The monoisotopic (exact) mass is 227 g/mol. The van der Waals surface area contributed by atoms with Gasteiger partial charge in [-0.1, -0.05) is 22.0 Å². The lowest BCUT2D eigenvalue weighted by Gasteiger charge is -1.92. The van der Waals surface area contributed by atoms with Crippen molar-refractivity contribution in [1.29, 1.82) is 0 Å². The lowest BCUT2D eigenvalue weighted by atomic mass is 10.3. The molecule has 12 heavy (non-hydrogen) atoms. The third kappa shape index (κ3) is 3.05. The predicted molar refractivity (Wildman–Crippen MR) is 53.3 cm³/mol. The number of aromatic hydroxyl groups is 1. The number of aromatic nitrogens is 1. The van der Waals surface area contributed by atoms with Gasteiger partial charge in [0.05, 0.1) is 11.9 Å². The van der Waals surface area contributed by atoms with Gasteiger partial charge < -0.3 is 5.11 Å². The minimum Gasteiger partial charge on any atom is -0.506 e. The zero-order valence-electron chi connectivity index (χ0n) is 6.57. The Morgan fingerprint density at radius 3 is 2.92 bits per heavy atom. The van der Waals surface area contributed by atoms with E-state index >= 15 is 0 Å². The Morgan fingerprint density at radius 2 is 2.33 bits per heavy atom. The number of halogens is 1. The first-order chi connectivity index (χ1) is 5.83. The standard InChI is InChI=1S/C9H10BrNO/c10-6-2-1-3-8-4-5-9(12)7-11-8/h1,3-5,7,12H,2,6H2. The first kappa shape index (κ1) is 9.26. The van der Waals surface area contributed by atoms with Crippen LogP contribution in [0.2, 0.25) is 0 Å². The fourth-order valence-electron chi connectivity index (χ4n) is 0.763. The van der Waals surface area contributed by atoms with Crippen molar-refractivity contribution < 1.29 is 5.11 Å². The average molecular weight is 228 g/mol. The summed E-state index contributed by atoms with van der Waals surface area (Å²) in [5, 5.41) is 9.89. The number of alkyl halides is 1. The van der Waals surface area contributed by atoms with Gasteiger partial charge in [-0.2, -0.15) is 0 Å². The van der Waals surface area contributed by atoms with Crippen molar-refractivity contribution in [1.82, 2.24) is 4.98 Å². The summed E-state index contributed by atoms with van der Waals surface area (Å²) in [6.07, 6.45) is 6.39. The first-order valence-corrected chi connectivity index (χ1v) is 4.82. The quantitative estimate of drug-likeness (QED) is 0.806. The average Bonchev–Trinajstić information content (AvgIpc) is 2.09. The van der Waals surface area contributed by atoms with E-state index in [0.29, 0.717) is 0 Å². The second kappa shape index (κ2) is 4.93. The molecule has 64 valence electrons. The predicted octanol–water partition coefficient (Wildman–Crippen LogP) is 2.59. The highest BCUT2D eigenvalue weighted by Gasteiger charge is 1.87. The summed E-state index contributed by atoms with van der Waals surface area (Å²) < 4.78 is 0. The molecule has 0 bridgehead atoms. The number of nitrogens with zero attached hydrogens (tertiary/aromatic N) is 1. The van der Waals surface area contributed by atoms with Crippen LogP contribution in [-0.2, 0) is 0 Å². The molecule has 1 heterocycles. The van der Waals surface area contributed by atoms with Gasteiger partial charge in [0.15, 0.2) is 0 Å². The van der Waals surface area contributed by atoms with Gasteiger partial charge in [0.1, 0.15) is 5.75 Å². The molecule has 0 amide bonds. The number of hydrogen-bond donors (Lipinski definition) is 1. The first-order valence-electron chi connectivity index (χ1n) is 3.70. The highest BCUT2D eigenvalue weighted by atomic mass is 79.9. The van der Waals surface area contributed by atoms with Gasteiger partial charge >= 0.3 is 0 Å². The summed E-state index contributed by atoms with van der Waals surface area (Å²) in [7, 11) is 0. The molecule has 0 fully saturated rings. The highest BCUT2D eigenvalue weighted by molar-refractivity contribution is 9.09. The van der Waals surface area contributed by atoms with Crippen LogP contribution in [0.1, 0.15) is 12.1 Å². The molecule has 0 unspecified atom stereocenters. The van der Waals surface area contributed by atoms with E-state index in [0.717, 1.165) is 17.4 Å². The normalized spacial score (nSPS) is 10.8. The second-order valence-electron chi connectivity index (χ2n) is 2.32. The van der Waals surface area contributed by atoms with Crippen molar-refractivity contribution in [3.8, 4) is 5.75 Å². The van der Waals surface area contributed by atoms with E-state index in [1.54, 1.807) is 12.1 Å². The maximum absolute atomic E-state index is 8.93. The van der Waals surface area contributed by atoms with E-state index in [1.807, 2.05) is 12.2 Å². The largest absolute Gasteiger partial charge is 0.506 e. The number of rotatable bonds is 3. The minimum atomic E-state index is 0.202. The zero-order chi connectivity index (χ0) is 8.81. The molecule has 3 heteroatoms. The molecule has 0 aliphatic carbocycles. The molecule has 0 radical (unpaired) electrons. The Labute approximate surface area is 80.1 Å². The van der Waals surface area contributed by atoms with Crippen LogP contribution in [0.5, 0.6) is 5.75 Å². The van der Waals surface area contributed by atoms with Crippen molar-refractivity contribution in [3.63, 3.8) is 0 Å². The topological polar surface area (TPSA) is 33.1 Å². The van der Waals surface area contributed by atoms with Crippen LogP contribution < -0.4 is 0 Å². The van der Waals surface area contributed by atoms with Gasteiger partial charge in [-0.15, -0.1) is 0 Å². The summed E-state index contributed by atoms with van der Waals surface area (Å²) in [6, 6.07) is 3.40. The van der Waals surface area contributed by atoms with Crippen molar-refractivity contribution in [2.75, 3.05) is 5.33 Å². The van der Waals surface area contributed by atoms with Gasteiger partial charge in [-0.05, 0) is 24.6 Å². The van der Waals surface area contributed by atoms with Gasteiger partial charge in [-0.25, -0.2) is 0 Å². The number of allylic oxidation sites excluding steroid dienone is 1. The molecule has 0 aromatic carbocycles. The summed E-state index contributed by atoms with van der Waals surface area (Å²) in [4.78, 5) is 4.00. The molecule has 1 N–H and O–H groups in total. The molecule has 2 nitrogen and oxygen atoms in total. The Balaban J connectivity index is 2.58. The lowest BCUT2D eigenvalue weighted by molar-refractivity contribution is 0.472. The molecular weight excluding hydrogens is 218 g/mol. The molecule has 0 aliphatic rings. The molecule has 1 aromatic heterocycles. The summed E-state index contributed by atoms with van der Waals surface area (Å²) in [5.41, 5.74) is 0.869. The van der Waals surface area contributed by atoms with Gasteiger partial charge in [0, 0.05) is 5.33 Å². The molecule has 0 saturated carbocycles. The van der Waals surface area contributed by atoms with Crippen molar-refractivity contribution in [2.24, 2.45) is 0 Å². The molecule has 0 spiro atoms. The van der Waals surface area contributed by atoms with Gasteiger partial charge in [0.2, 0.25) is 0 Å². The van der Waals surface area contributed by atoms with Crippen LogP contribution in [0.4, 0.5) is 0 Å². The molecular formula is C9H10BrNO. The van der Waals surface area contributed by atoms with E-state index in [1.165, 1.54) is 6.20 Å². The smallest absolute Gasteiger partial charge is 0.133 e. The van der Waals surface area contributed by atoms with E-state index < -0.39 is 0 Å². The van der Waals surface area contributed by atoms with E-state index in [-0.39, 0.29) is 5.75 Å². The number of hydrogen-bond acceptors (Lipinski definition) is 2. The van der Waals surface area contributed by atoms with Crippen LogP contribution in [0, 0.1) is 0 Å². The van der Waals surface area contributed by atoms with Crippen LogP contribution in [0.25, 0.3) is 6.08 Å². The Bertz CT molecular complexity index is 256. The van der Waals surface area contributed by atoms with E-state index in [4.69, 9.17) is 5.11 Å². The van der Waals surface area contributed by atoms with E-state index in [2.05, 4.69) is 20.9 Å². The summed E-state index contributed by atoms with van der Waals surface area (Å²) in [6.45, 7) is 0. The minimum absolute atomic E-state index is 0.202. The van der Waals surface area contributed by atoms with Crippen LogP contribution in [0.3, 0.4) is 0 Å². The van der Waals surface area contributed by atoms with Crippen LogP contribution in [-0.4, -0.2) is 15.4 Å². The third-order valence-corrected chi connectivity index (χ3v) is 1.79. The SMILES string of the molecule is Oc1ccc(C=CCCBr)nc1. The second-order valence-corrected chi connectivity index (χ2v) is 3.11. The van der Waals surface area contributed by atoms with Crippen molar-refractivity contribution in [3.05, 3.63) is 30.1 Å². The molecule has 0 atom stereocenters. The zero-order valence-corrected chi connectivity index (χ0v) is 8.16. The lowest BCUT2D eigenvalue weighted by Crippen LogP contribution is -1.77. The van der Waals surface area contributed by atoms with Crippen LogP contribution >= 0.6 is 15.9 Å². The van der Waals surface area contributed by atoms with Crippen molar-refractivity contribution >= 4 is 22.0 Å². The van der Waals surface area contributed by atoms with Crippen LogP contribution in [0.15, 0.2) is 24.4 Å². The molecule has 1 aromatic rings. The summed E-state index contributed by atoms with van der Waals surface area (Å²) in [5.74, 6) is 0.202. The number of pyridine rings is 1. The Kier molecular flexibility index (Phi) is 3.80. The maximum atomic E-state index is 8.93. The molecule has 0 saturated heterocycles. The summed E-state index contributed by atoms with van der Waals surface area (Å²) >= 11 is 3.32. The molecule has 0 aliphatic heterocycles. The molecule has 1 rings (SSSR count). The Hall–Kier alpha value is -0.830. The Morgan fingerprint density at radius 1 is 1.50 bits per heavy atom. The van der Waals surface area contributed by atoms with Crippen molar-refractivity contribution in [2.45, 2.75) is 6.42 Å². The fourth-order valence-corrected chi connectivity index (χ4v) is 1.03. The van der Waals surface area contributed by atoms with Gasteiger partial charge in [0.25, 0.3) is 0 Å². The highest BCUT2D eigenvalue weighted by Crippen LogP contribution is 2.07.